The third kappa shape index (κ3) is 3.84. The quantitative estimate of drug-likeness (QED) is 0.440. The van der Waals surface area contributed by atoms with Crippen molar-refractivity contribution in [3.05, 3.63) is 85.2 Å². The maximum Gasteiger partial charge on any atom is 0.243 e. The van der Waals surface area contributed by atoms with Gasteiger partial charge < -0.3 is 0 Å². The number of nitrogens with zero attached hydrogens (tertiary/aromatic N) is 2. The fraction of sp³-hybridized carbons (Fsp3) is 0.280. The number of rotatable bonds is 5. The molecule has 0 aromatic heterocycles. The van der Waals surface area contributed by atoms with Crippen LogP contribution in [0.3, 0.4) is 0 Å². The van der Waals surface area contributed by atoms with Crippen LogP contribution >= 0.6 is 0 Å². The second kappa shape index (κ2) is 8.35. The van der Waals surface area contributed by atoms with Gasteiger partial charge >= 0.3 is 0 Å². The normalized spacial score (nSPS) is 10.8. The van der Waals surface area contributed by atoms with Crippen LogP contribution in [0.1, 0.15) is 38.9 Å². The number of hydrogen-bond donors (Lipinski definition) is 0. The fourth-order valence-electron chi connectivity index (χ4n) is 5.00. The van der Waals surface area contributed by atoms with E-state index in [1.54, 1.807) is 0 Å². The monoisotopic (exact) mass is 398 g/mol. The second-order valence-corrected chi connectivity index (χ2v) is 8.41. The molecule has 0 unspecified atom stereocenters. The molecule has 5 heteroatoms. The Kier molecular flexibility index (Phi) is 6.02. The predicted molar refractivity (Wildman–Crippen MR) is 128 cm³/mol. The first-order chi connectivity index (χ1) is 14.2. The van der Waals surface area contributed by atoms with Crippen molar-refractivity contribution in [1.82, 2.24) is 0 Å². The first kappa shape index (κ1) is 21.6. The van der Waals surface area contributed by atoms with Crippen LogP contribution in [-0.2, 0) is 0 Å². The molecule has 152 valence electrons. The van der Waals surface area contributed by atoms with Crippen LogP contribution < -0.4 is 16.4 Å². The SMILES string of the molecule is Cc1cc(C)c(B(c2c(C)cc(N=O)cc2C)c2c(C)cc(N=O)cc2C)c(C)c1. The molecule has 0 aliphatic heterocycles. The van der Waals surface area contributed by atoms with E-state index in [1.165, 1.54) is 33.1 Å². The topological polar surface area (TPSA) is 58.9 Å². The molecule has 0 radical (unpaired) electrons. The Morgan fingerprint density at radius 3 is 1.03 bits per heavy atom. The van der Waals surface area contributed by atoms with E-state index in [1.807, 2.05) is 52.0 Å². The Hall–Kier alpha value is -3.08. The highest BCUT2D eigenvalue weighted by atomic mass is 16.3. The smallest absolute Gasteiger partial charge is 0.145 e. The van der Waals surface area contributed by atoms with E-state index in [9.17, 15) is 9.81 Å². The lowest BCUT2D eigenvalue weighted by molar-refractivity contribution is 1.34. The van der Waals surface area contributed by atoms with Crippen molar-refractivity contribution in [2.45, 2.75) is 48.5 Å². The number of aryl methyl sites for hydroxylation is 7. The lowest BCUT2D eigenvalue weighted by Crippen LogP contribution is -2.57. The van der Waals surface area contributed by atoms with E-state index < -0.39 is 0 Å². The third-order valence-corrected chi connectivity index (χ3v) is 5.97. The average Bonchev–Trinajstić information content (AvgIpc) is 2.65. The van der Waals surface area contributed by atoms with Crippen LogP contribution in [0.2, 0.25) is 0 Å². The Balaban J connectivity index is 2.45. The number of hydrogen-bond acceptors (Lipinski definition) is 4. The molecule has 0 saturated heterocycles. The molecule has 0 heterocycles. The molecule has 0 bridgehead atoms. The van der Waals surface area contributed by atoms with Gasteiger partial charge in [0.05, 0.1) is 0 Å². The van der Waals surface area contributed by atoms with Crippen molar-refractivity contribution in [2.75, 3.05) is 0 Å². The summed E-state index contributed by atoms with van der Waals surface area (Å²) in [5, 5.41) is 6.29. The molecule has 4 nitrogen and oxygen atoms in total. The lowest BCUT2D eigenvalue weighted by Gasteiger charge is -2.27. The summed E-state index contributed by atoms with van der Waals surface area (Å²) in [6.07, 6.45) is 0. The first-order valence-electron chi connectivity index (χ1n) is 10.1. The molecule has 0 N–H and O–H groups in total. The minimum absolute atomic E-state index is 0.0213. The van der Waals surface area contributed by atoms with Gasteiger partial charge in [-0.3, -0.25) is 0 Å². The summed E-state index contributed by atoms with van der Waals surface area (Å²) in [6.45, 7) is 14.5. The minimum Gasteiger partial charge on any atom is -0.145 e. The van der Waals surface area contributed by atoms with Gasteiger partial charge in [-0.25, -0.2) is 0 Å². The summed E-state index contributed by atoms with van der Waals surface area (Å²) >= 11 is 0. The van der Waals surface area contributed by atoms with Crippen LogP contribution in [0.4, 0.5) is 11.4 Å². The molecule has 0 saturated carbocycles. The molecule has 30 heavy (non-hydrogen) atoms. The zero-order chi connectivity index (χ0) is 22.2. The lowest BCUT2D eigenvalue weighted by atomic mass is 9.33. The van der Waals surface area contributed by atoms with Gasteiger partial charge in [0.25, 0.3) is 0 Å². The summed E-state index contributed by atoms with van der Waals surface area (Å²) in [6, 6.07) is 11.8. The zero-order valence-electron chi connectivity index (χ0n) is 18.8. The molecule has 0 amide bonds. The molecule has 0 aliphatic rings. The molecule has 3 aromatic carbocycles. The molecule has 3 rings (SSSR count). The van der Waals surface area contributed by atoms with Gasteiger partial charge in [-0.1, -0.05) is 67.5 Å². The summed E-state index contributed by atoms with van der Waals surface area (Å²) < 4.78 is 0. The predicted octanol–water partition coefficient (Wildman–Crippen LogP) is 5.16. The molecular weight excluding hydrogens is 371 g/mol. The maximum absolute atomic E-state index is 11.2. The van der Waals surface area contributed by atoms with E-state index >= 15 is 0 Å². The van der Waals surface area contributed by atoms with Gasteiger partial charge in [-0.15, -0.1) is 9.81 Å². The Labute approximate surface area is 178 Å². The van der Waals surface area contributed by atoms with Crippen LogP contribution in [0.25, 0.3) is 0 Å². The van der Waals surface area contributed by atoms with E-state index in [0.29, 0.717) is 11.4 Å². The standard InChI is InChI=1S/C25H27BN2O2/c1-14-8-15(2)23(16(3)9-14)26(24-17(4)10-21(27-29)11-18(24)5)25-19(6)12-22(28-30)13-20(25)7/h8-13H,1-7H3. The summed E-state index contributed by atoms with van der Waals surface area (Å²) in [7, 11) is 0. The van der Waals surface area contributed by atoms with Crippen molar-refractivity contribution < 1.29 is 0 Å². The van der Waals surface area contributed by atoms with Gasteiger partial charge in [0.1, 0.15) is 11.4 Å². The average molecular weight is 398 g/mol. The van der Waals surface area contributed by atoms with E-state index in [-0.39, 0.29) is 6.71 Å². The van der Waals surface area contributed by atoms with Gasteiger partial charge in [0.15, 0.2) is 0 Å². The fourth-order valence-corrected chi connectivity index (χ4v) is 5.00. The highest BCUT2D eigenvalue weighted by molar-refractivity contribution is 6.97. The summed E-state index contributed by atoms with van der Waals surface area (Å²) in [5.74, 6) is 0. The van der Waals surface area contributed by atoms with Crippen molar-refractivity contribution in [2.24, 2.45) is 10.4 Å². The summed E-state index contributed by atoms with van der Waals surface area (Å²) in [4.78, 5) is 22.3. The first-order valence-corrected chi connectivity index (χ1v) is 10.1. The molecular formula is C25H27BN2O2. The number of nitroso groups, excluding NO2 is 2. The molecule has 0 fully saturated rings. The van der Waals surface area contributed by atoms with Gasteiger partial charge in [0, 0.05) is 0 Å². The molecule has 0 aliphatic carbocycles. The van der Waals surface area contributed by atoms with Crippen molar-refractivity contribution in [3.63, 3.8) is 0 Å². The van der Waals surface area contributed by atoms with E-state index in [0.717, 1.165) is 22.3 Å². The zero-order valence-corrected chi connectivity index (χ0v) is 18.8. The molecule has 0 atom stereocenters. The van der Waals surface area contributed by atoms with Crippen LogP contribution in [-0.4, -0.2) is 6.71 Å². The van der Waals surface area contributed by atoms with Crippen molar-refractivity contribution in [3.8, 4) is 0 Å². The minimum atomic E-state index is -0.0213. The van der Waals surface area contributed by atoms with Gasteiger partial charge in [0.2, 0.25) is 6.71 Å². The second-order valence-electron chi connectivity index (χ2n) is 8.41. The van der Waals surface area contributed by atoms with Gasteiger partial charge in [-0.05, 0) is 83.1 Å². The Morgan fingerprint density at radius 1 is 0.500 bits per heavy atom. The maximum atomic E-state index is 11.2. The summed E-state index contributed by atoms with van der Waals surface area (Å²) in [5.41, 5.74) is 12.3. The van der Waals surface area contributed by atoms with E-state index in [4.69, 9.17) is 0 Å². The number of benzene rings is 3. The Bertz CT molecular complexity index is 1040. The third-order valence-electron chi connectivity index (χ3n) is 5.97. The van der Waals surface area contributed by atoms with Gasteiger partial charge in [-0.2, -0.15) is 0 Å². The van der Waals surface area contributed by atoms with Crippen molar-refractivity contribution >= 4 is 34.5 Å². The highest BCUT2D eigenvalue weighted by Gasteiger charge is 2.31. The van der Waals surface area contributed by atoms with Crippen LogP contribution in [0.15, 0.2) is 46.8 Å². The molecule has 0 spiro atoms. The van der Waals surface area contributed by atoms with Crippen LogP contribution in [0, 0.1) is 58.3 Å². The van der Waals surface area contributed by atoms with Crippen molar-refractivity contribution in [1.29, 1.82) is 0 Å². The largest absolute Gasteiger partial charge is 0.243 e. The van der Waals surface area contributed by atoms with E-state index in [2.05, 4.69) is 43.3 Å². The Morgan fingerprint density at radius 2 is 0.767 bits per heavy atom. The van der Waals surface area contributed by atoms with Crippen LogP contribution in [0.5, 0.6) is 0 Å². The highest BCUT2D eigenvalue weighted by Crippen LogP contribution is 2.21. The molecule has 3 aromatic rings.